The number of nitrogens with one attached hydrogen (secondary N) is 1. The molecule has 1 aromatic heterocycles. The minimum Gasteiger partial charge on any atom is -0.478 e. The number of hydrogen-bond acceptors (Lipinski definition) is 4. The normalized spacial score (nSPS) is 11.1. The molecule has 0 saturated carbocycles. The van der Waals surface area contributed by atoms with Crippen LogP contribution in [-0.2, 0) is 10.0 Å². The number of nitrogens with zero attached hydrogens (tertiary/aromatic N) is 1. The number of halogens is 1. The van der Waals surface area contributed by atoms with Crippen LogP contribution in [0.3, 0.4) is 0 Å². The van der Waals surface area contributed by atoms with E-state index in [-0.39, 0.29) is 16.3 Å². The number of carboxylic acid groups (broad SMARTS) is 1. The Morgan fingerprint density at radius 2 is 2.00 bits per heavy atom. The summed E-state index contributed by atoms with van der Waals surface area (Å²) in [6, 6.07) is 5.91. The van der Waals surface area contributed by atoms with Crippen molar-refractivity contribution in [1.29, 1.82) is 0 Å². The van der Waals surface area contributed by atoms with Gasteiger partial charge in [0.15, 0.2) is 5.03 Å². The number of anilines is 1. The van der Waals surface area contributed by atoms with Crippen molar-refractivity contribution < 1.29 is 22.7 Å². The molecular weight excluding hydrogens is 299 g/mol. The Hall–Kier alpha value is -2.48. The third kappa shape index (κ3) is 3.34. The molecule has 21 heavy (non-hydrogen) atoms. The predicted octanol–water partition coefficient (Wildman–Crippen LogP) is 2.03. The summed E-state index contributed by atoms with van der Waals surface area (Å²) in [6.07, 6.45) is 0.940. The first-order chi connectivity index (χ1) is 9.79. The second-order valence-corrected chi connectivity index (χ2v) is 5.88. The van der Waals surface area contributed by atoms with Crippen molar-refractivity contribution in [3.8, 4) is 0 Å². The maximum atomic E-state index is 13.2. The molecule has 0 unspecified atom stereocenters. The lowest BCUT2D eigenvalue weighted by molar-refractivity contribution is 0.0696. The van der Waals surface area contributed by atoms with Gasteiger partial charge in [-0.2, -0.15) is 8.42 Å². The lowest BCUT2D eigenvalue weighted by Crippen LogP contribution is -2.15. The highest BCUT2D eigenvalue weighted by atomic mass is 32.2. The summed E-state index contributed by atoms with van der Waals surface area (Å²) < 4.78 is 39.6. The number of rotatable bonds is 4. The Morgan fingerprint density at radius 3 is 2.57 bits per heavy atom. The highest BCUT2D eigenvalue weighted by molar-refractivity contribution is 7.92. The highest BCUT2D eigenvalue weighted by Gasteiger charge is 2.18. The second-order valence-electron chi connectivity index (χ2n) is 4.26. The van der Waals surface area contributed by atoms with Crippen LogP contribution in [0.25, 0.3) is 0 Å². The van der Waals surface area contributed by atoms with E-state index >= 15 is 0 Å². The zero-order chi connectivity index (χ0) is 15.6. The van der Waals surface area contributed by atoms with Crippen LogP contribution in [0.4, 0.5) is 10.1 Å². The smallest absolute Gasteiger partial charge is 0.337 e. The van der Waals surface area contributed by atoms with E-state index in [4.69, 9.17) is 5.11 Å². The van der Waals surface area contributed by atoms with Crippen LogP contribution in [0, 0.1) is 12.7 Å². The molecule has 1 aromatic carbocycles. The van der Waals surface area contributed by atoms with Crippen molar-refractivity contribution in [2.75, 3.05) is 4.72 Å². The first-order valence-electron chi connectivity index (χ1n) is 5.78. The van der Waals surface area contributed by atoms with E-state index in [0.29, 0.717) is 5.56 Å². The minimum atomic E-state index is -4.02. The van der Waals surface area contributed by atoms with Crippen molar-refractivity contribution >= 4 is 21.7 Å². The Bertz CT molecular complexity index is 788. The van der Waals surface area contributed by atoms with Crippen LogP contribution in [-0.4, -0.2) is 24.5 Å². The van der Waals surface area contributed by atoms with Crippen LogP contribution < -0.4 is 4.72 Å². The van der Waals surface area contributed by atoms with Gasteiger partial charge in [0.1, 0.15) is 5.82 Å². The molecule has 2 rings (SSSR count). The zero-order valence-corrected chi connectivity index (χ0v) is 11.7. The lowest BCUT2D eigenvalue weighted by atomic mass is 10.2. The molecular formula is C13H11FN2O4S. The standard InChI is InChI=1S/C13H11FN2O4S/c1-8-2-4-10(14)6-11(8)16-21(19,20)12-5-3-9(7-15-12)13(17)18/h2-7,16H,1H3,(H,17,18). The van der Waals surface area contributed by atoms with Gasteiger partial charge < -0.3 is 5.11 Å². The fourth-order valence-electron chi connectivity index (χ4n) is 1.57. The van der Waals surface area contributed by atoms with Crippen LogP contribution in [0.2, 0.25) is 0 Å². The molecule has 0 amide bonds. The van der Waals surface area contributed by atoms with E-state index in [9.17, 15) is 17.6 Å². The quantitative estimate of drug-likeness (QED) is 0.900. The number of sulfonamides is 1. The van der Waals surface area contributed by atoms with Crippen LogP contribution in [0.1, 0.15) is 15.9 Å². The van der Waals surface area contributed by atoms with Gasteiger partial charge in [0.25, 0.3) is 10.0 Å². The Morgan fingerprint density at radius 1 is 1.29 bits per heavy atom. The topological polar surface area (TPSA) is 96.4 Å². The monoisotopic (exact) mass is 310 g/mol. The third-order valence-corrected chi connectivity index (χ3v) is 3.98. The summed E-state index contributed by atoms with van der Waals surface area (Å²) in [7, 11) is -4.02. The Kier molecular flexibility index (Phi) is 3.90. The highest BCUT2D eigenvalue weighted by Crippen LogP contribution is 2.20. The van der Waals surface area contributed by atoms with E-state index in [0.717, 1.165) is 24.4 Å². The molecule has 0 bridgehead atoms. The average molecular weight is 310 g/mol. The van der Waals surface area contributed by atoms with E-state index in [1.807, 2.05) is 0 Å². The number of carboxylic acids is 1. The number of hydrogen-bond donors (Lipinski definition) is 2. The van der Waals surface area contributed by atoms with E-state index in [2.05, 4.69) is 9.71 Å². The summed E-state index contributed by atoms with van der Waals surface area (Å²) in [4.78, 5) is 14.3. The van der Waals surface area contributed by atoms with Gasteiger partial charge in [-0.3, -0.25) is 4.72 Å². The minimum absolute atomic E-state index is 0.0964. The average Bonchev–Trinajstić information content (AvgIpc) is 2.43. The van der Waals surface area contributed by atoms with Gasteiger partial charge in [0.2, 0.25) is 0 Å². The summed E-state index contributed by atoms with van der Waals surface area (Å²) in [5, 5.41) is 8.38. The summed E-state index contributed by atoms with van der Waals surface area (Å²) in [5.41, 5.74) is 0.511. The van der Waals surface area contributed by atoms with Gasteiger partial charge in [-0.25, -0.2) is 14.2 Å². The fraction of sp³-hybridized carbons (Fsp3) is 0.0769. The van der Waals surface area contributed by atoms with Gasteiger partial charge in [-0.1, -0.05) is 6.07 Å². The molecule has 8 heteroatoms. The van der Waals surface area contributed by atoms with Crippen molar-refractivity contribution in [3.05, 3.63) is 53.5 Å². The third-order valence-electron chi connectivity index (χ3n) is 2.70. The van der Waals surface area contributed by atoms with E-state index in [1.54, 1.807) is 6.92 Å². The first-order valence-corrected chi connectivity index (χ1v) is 7.26. The molecule has 0 aliphatic rings. The molecule has 0 spiro atoms. The summed E-state index contributed by atoms with van der Waals surface area (Å²) in [6.45, 7) is 1.62. The molecule has 2 aromatic rings. The fourth-order valence-corrected chi connectivity index (χ4v) is 2.62. The number of carbonyl (C=O) groups is 1. The number of aryl methyl sites for hydroxylation is 1. The molecule has 0 saturated heterocycles. The van der Waals surface area contributed by atoms with E-state index in [1.165, 1.54) is 12.1 Å². The van der Waals surface area contributed by atoms with Crippen molar-refractivity contribution in [2.24, 2.45) is 0 Å². The zero-order valence-electron chi connectivity index (χ0n) is 10.9. The molecule has 110 valence electrons. The Balaban J connectivity index is 2.34. The molecule has 0 aliphatic carbocycles. The number of pyridine rings is 1. The van der Waals surface area contributed by atoms with Crippen molar-refractivity contribution in [1.82, 2.24) is 4.98 Å². The van der Waals surface area contributed by atoms with Crippen LogP contribution in [0.5, 0.6) is 0 Å². The summed E-state index contributed by atoms with van der Waals surface area (Å²) in [5.74, 6) is -1.78. The second kappa shape index (κ2) is 5.49. The van der Waals surface area contributed by atoms with Crippen molar-refractivity contribution in [2.45, 2.75) is 11.9 Å². The van der Waals surface area contributed by atoms with Gasteiger partial charge in [0.05, 0.1) is 11.3 Å². The molecule has 2 N–H and O–H groups in total. The molecule has 0 aliphatic heterocycles. The maximum absolute atomic E-state index is 13.2. The molecule has 0 radical (unpaired) electrons. The van der Waals surface area contributed by atoms with Gasteiger partial charge >= 0.3 is 5.97 Å². The van der Waals surface area contributed by atoms with Crippen LogP contribution >= 0.6 is 0 Å². The van der Waals surface area contributed by atoms with Crippen molar-refractivity contribution in [3.63, 3.8) is 0 Å². The molecule has 0 atom stereocenters. The first kappa shape index (κ1) is 14.9. The largest absolute Gasteiger partial charge is 0.478 e. The van der Waals surface area contributed by atoms with Crippen LogP contribution in [0.15, 0.2) is 41.6 Å². The number of aromatic nitrogens is 1. The molecule has 0 fully saturated rings. The maximum Gasteiger partial charge on any atom is 0.337 e. The number of aromatic carboxylic acids is 1. The van der Waals surface area contributed by atoms with Gasteiger partial charge in [-0.05, 0) is 36.8 Å². The van der Waals surface area contributed by atoms with Gasteiger partial charge in [0, 0.05) is 6.20 Å². The van der Waals surface area contributed by atoms with Gasteiger partial charge in [-0.15, -0.1) is 0 Å². The SMILES string of the molecule is Cc1ccc(F)cc1NS(=O)(=O)c1ccc(C(=O)O)cn1. The molecule has 6 nitrogen and oxygen atoms in total. The molecule has 1 heterocycles. The van der Waals surface area contributed by atoms with E-state index < -0.39 is 21.8 Å². The Labute approximate surface area is 120 Å². The number of benzene rings is 1. The predicted molar refractivity (Wildman–Crippen MR) is 73.1 cm³/mol. The summed E-state index contributed by atoms with van der Waals surface area (Å²) >= 11 is 0. The lowest BCUT2D eigenvalue weighted by Gasteiger charge is -2.10.